The molecule has 1 atom stereocenters. The molecule has 1 aliphatic rings. The minimum absolute atomic E-state index is 0.104. The average molecular weight is 470 g/mol. The molecule has 2 amide bonds. The van der Waals surface area contributed by atoms with Gasteiger partial charge in [0, 0.05) is 37.6 Å². The van der Waals surface area contributed by atoms with Crippen LogP contribution in [0.15, 0.2) is 65.7 Å². The lowest BCUT2D eigenvalue weighted by Crippen LogP contribution is -2.39. The van der Waals surface area contributed by atoms with Crippen LogP contribution in [0.5, 0.6) is 0 Å². The molecule has 33 heavy (non-hydrogen) atoms. The summed E-state index contributed by atoms with van der Waals surface area (Å²) in [6.45, 7) is 1.22. The van der Waals surface area contributed by atoms with Gasteiger partial charge in [0.2, 0.25) is 5.91 Å². The van der Waals surface area contributed by atoms with Crippen LogP contribution in [0, 0.1) is 5.82 Å². The quantitative estimate of drug-likeness (QED) is 0.578. The summed E-state index contributed by atoms with van der Waals surface area (Å²) in [5.41, 5.74) is -0.0633. The highest BCUT2D eigenvalue weighted by molar-refractivity contribution is 6.30. The van der Waals surface area contributed by atoms with Crippen LogP contribution in [0.4, 0.5) is 10.2 Å². The van der Waals surface area contributed by atoms with E-state index in [4.69, 9.17) is 11.6 Å². The maximum Gasteiger partial charge on any atom is 0.255 e. The van der Waals surface area contributed by atoms with Gasteiger partial charge in [0.05, 0.1) is 22.8 Å². The van der Waals surface area contributed by atoms with Crippen LogP contribution in [-0.4, -0.2) is 51.9 Å². The number of benzene rings is 1. The Kier molecular flexibility index (Phi) is 6.81. The van der Waals surface area contributed by atoms with E-state index in [1.807, 2.05) is 4.90 Å². The van der Waals surface area contributed by atoms with Gasteiger partial charge in [0.1, 0.15) is 11.6 Å². The number of amides is 2. The maximum atomic E-state index is 14.6. The van der Waals surface area contributed by atoms with E-state index in [0.29, 0.717) is 36.0 Å². The number of anilines is 1. The highest BCUT2D eigenvalue weighted by Crippen LogP contribution is 2.16. The van der Waals surface area contributed by atoms with Crippen LogP contribution in [0.2, 0.25) is 5.02 Å². The third kappa shape index (κ3) is 5.63. The summed E-state index contributed by atoms with van der Waals surface area (Å²) in [5.74, 6) is -1.08. The summed E-state index contributed by atoms with van der Waals surface area (Å²) in [7, 11) is 0. The van der Waals surface area contributed by atoms with Crippen molar-refractivity contribution in [3.63, 3.8) is 0 Å². The van der Waals surface area contributed by atoms with Crippen molar-refractivity contribution >= 4 is 29.2 Å². The highest BCUT2D eigenvalue weighted by Gasteiger charge is 2.26. The predicted octanol–water partition coefficient (Wildman–Crippen LogP) is 2.47. The zero-order valence-corrected chi connectivity index (χ0v) is 18.3. The van der Waals surface area contributed by atoms with Crippen molar-refractivity contribution in [2.24, 2.45) is 0 Å². The molecule has 10 heteroatoms. The molecule has 3 heterocycles. The molecule has 1 fully saturated rings. The third-order valence-corrected chi connectivity index (χ3v) is 5.49. The Morgan fingerprint density at radius 2 is 2.03 bits per heavy atom. The molecule has 0 saturated carbocycles. The highest BCUT2D eigenvalue weighted by atomic mass is 35.5. The smallest absolute Gasteiger partial charge is 0.255 e. The van der Waals surface area contributed by atoms with Crippen LogP contribution in [0.1, 0.15) is 16.8 Å². The number of aromatic nitrogens is 2. The lowest BCUT2D eigenvalue weighted by atomic mass is 10.1. The van der Waals surface area contributed by atoms with Gasteiger partial charge in [-0.1, -0.05) is 17.7 Å². The van der Waals surface area contributed by atoms with Crippen molar-refractivity contribution in [3.05, 3.63) is 87.7 Å². The molecule has 170 valence electrons. The average Bonchev–Trinajstić information content (AvgIpc) is 3.22. The standard InChI is InChI=1S/C23H21ClFN5O3/c24-15-4-7-20(26-12-15)28-21(31)14-29-10-8-16(13-29)27-23(33)18-6-5-17(11-19(18)25)30-9-2-1-3-22(30)32/h1-7,9,11-12,16H,8,10,13-14H2,(H,27,33)(H,26,28,31)/t16-/m1/s1. The molecule has 0 unspecified atom stereocenters. The first-order chi connectivity index (χ1) is 15.9. The summed E-state index contributed by atoms with van der Waals surface area (Å²) >= 11 is 5.78. The summed E-state index contributed by atoms with van der Waals surface area (Å²) in [6, 6.07) is 11.7. The number of pyridine rings is 2. The van der Waals surface area contributed by atoms with Gasteiger partial charge in [-0.3, -0.25) is 23.9 Å². The van der Waals surface area contributed by atoms with Gasteiger partial charge in [-0.05, 0) is 42.8 Å². The Labute approximate surface area is 194 Å². The van der Waals surface area contributed by atoms with E-state index in [9.17, 15) is 18.8 Å². The molecule has 8 nitrogen and oxygen atoms in total. The number of hydrogen-bond donors (Lipinski definition) is 2. The van der Waals surface area contributed by atoms with Crippen molar-refractivity contribution < 1.29 is 14.0 Å². The van der Waals surface area contributed by atoms with E-state index in [1.54, 1.807) is 24.3 Å². The summed E-state index contributed by atoms with van der Waals surface area (Å²) in [4.78, 5) is 42.7. The van der Waals surface area contributed by atoms with E-state index in [1.165, 1.54) is 35.2 Å². The molecule has 0 radical (unpaired) electrons. The number of likely N-dealkylation sites (tertiary alicyclic amines) is 1. The third-order valence-electron chi connectivity index (χ3n) is 5.27. The molecule has 1 aromatic carbocycles. The van der Waals surface area contributed by atoms with Crippen molar-refractivity contribution in [1.82, 2.24) is 19.8 Å². The monoisotopic (exact) mass is 469 g/mol. The van der Waals surface area contributed by atoms with Crippen molar-refractivity contribution in [2.75, 3.05) is 25.0 Å². The molecule has 1 aliphatic heterocycles. The molecule has 0 aliphatic carbocycles. The van der Waals surface area contributed by atoms with E-state index < -0.39 is 11.7 Å². The second-order valence-electron chi connectivity index (χ2n) is 7.68. The SMILES string of the molecule is O=C(CN1CC[C@@H](NC(=O)c2ccc(-n3ccccc3=O)cc2F)C1)Nc1ccc(Cl)cn1. The van der Waals surface area contributed by atoms with Crippen LogP contribution in [0.25, 0.3) is 5.69 Å². The Bertz CT molecular complexity index is 1230. The van der Waals surface area contributed by atoms with E-state index in [0.717, 1.165) is 6.07 Å². The first kappa shape index (κ1) is 22.6. The van der Waals surface area contributed by atoms with E-state index >= 15 is 0 Å². The van der Waals surface area contributed by atoms with Crippen LogP contribution >= 0.6 is 11.6 Å². The van der Waals surface area contributed by atoms with Gasteiger partial charge in [-0.2, -0.15) is 0 Å². The number of nitrogens with one attached hydrogen (secondary N) is 2. The molecule has 0 bridgehead atoms. The van der Waals surface area contributed by atoms with Gasteiger partial charge in [0.25, 0.3) is 11.5 Å². The van der Waals surface area contributed by atoms with E-state index in [2.05, 4.69) is 15.6 Å². The summed E-state index contributed by atoms with van der Waals surface area (Å²) < 4.78 is 15.9. The molecular formula is C23H21ClFN5O3. The van der Waals surface area contributed by atoms with Crippen LogP contribution in [-0.2, 0) is 4.79 Å². The molecule has 2 N–H and O–H groups in total. The fraction of sp³-hybridized carbons (Fsp3) is 0.217. The van der Waals surface area contributed by atoms with Crippen molar-refractivity contribution in [1.29, 1.82) is 0 Å². The predicted molar refractivity (Wildman–Crippen MR) is 122 cm³/mol. The zero-order chi connectivity index (χ0) is 23.4. The van der Waals surface area contributed by atoms with Crippen molar-refractivity contribution in [3.8, 4) is 5.69 Å². The normalized spacial score (nSPS) is 15.9. The second-order valence-corrected chi connectivity index (χ2v) is 8.11. The first-order valence-electron chi connectivity index (χ1n) is 10.3. The minimum Gasteiger partial charge on any atom is -0.348 e. The van der Waals surface area contributed by atoms with Gasteiger partial charge in [-0.15, -0.1) is 0 Å². The lowest BCUT2D eigenvalue weighted by Gasteiger charge is -2.16. The summed E-state index contributed by atoms with van der Waals surface area (Å²) in [6.07, 6.45) is 3.61. The Morgan fingerprint density at radius 3 is 2.76 bits per heavy atom. The number of nitrogens with zero attached hydrogens (tertiary/aromatic N) is 3. The molecule has 3 aromatic rings. The fourth-order valence-electron chi connectivity index (χ4n) is 3.67. The molecule has 0 spiro atoms. The van der Waals surface area contributed by atoms with Crippen molar-refractivity contribution in [2.45, 2.75) is 12.5 Å². The topological polar surface area (TPSA) is 96.3 Å². The number of carbonyl (C=O) groups is 2. The van der Waals surface area contributed by atoms with E-state index in [-0.39, 0.29) is 29.6 Å². The first-order valence-corrected chi connectivity index (χ1v) is 10.7. The fourth-order valence-corrected chi connectivity index (χ4v) is 3.78. The Hall–Kier alpha value is -3.56. The largest absolute Gasteiger partial charge is 0.348 e. The van der Waals surface area contributed by atoms with Gasteiger partial charge in [0.15, 0.2) is 0 Å². The maximum absolute atomic E-state index is 14.6. The molecule has 1 saturated heterocycles. The number of hydrogen-bond acceptors (Lipinski definition) is 5. The molecular weight excluding hydrogens is 449 g/mol. The van der Waals surface area contributed by atoms with Crippen LogP contribution in [0.3, 0.4) is 0 Å². The second kappa shape index (κ2) is 9.93. The molecule has 4 rings (SSSR count). The van der Waals surface area contributed by atoms with Gasteiger partial charge in [-0.25, -0.2) is 9.37 Å². The number of carbonyl (C=O) groups excluding carboxylic acids is 2. The lowest BCUT2D eigenvalue weighted by molar-refractivity contribution is -0.117. The Balaban J connectivity index is 1.32. The van der Waals surface area contributed by atoms with Gasteiger partial charge >= 0.3 is 0 Å². The van der Waals surface area contributed by atoms with Gasteiger partial charge < -0.3 is 10.6 Å². The minimum atomic E-state index is -0.717. The number of rotatable bonds is 6. The zero-order valence-electron chi connectivity index (χ0n) is 17.5. The number of halogens is 2. The van der Waals surface area contributed by atoms with Crippen LogP contribution < -0.4 is 16.2 Å². The summed E-state index contributed by atoms with van der Waals surface area (Å²) in [5, 5.41) is 5.99. The molecule has 2 aromatic heterocycles. The Morgan fingerprint density at radius 1 is 1.18 bits per heavy atom.